The molecule has 0 radical (unpaired) electrons. The number of rotatable bonds is 3. The number of aryl methyl sites for hydroxylation is 1. The molecule has 3 rings (SSSR count). The van der Waals surface area contributed by atoms with Crippen molar-refractivity contribution in [1.29, 1.82) is 0 Å². The van der Waals surface area contributed by atoms with Gasteiger partial charge in [0.15, 0.2) is 0 Å². The van der Waals surface area contributed by atoms with Gasteiger partial charge in [0.05, 0.1) is 0 Å². The van der Waals surface area contributed by atoms with Crippen molar-refractivity contribution in [1.82, 2.24) is 4.90 Å². The molecule has 0 unspecified atom stereocenters. The van der Waals surface area contributed by atoms with Gasteiger partial charge in [-0.1, -0.05) is 24.3 Å². The van der Waals surface area contributed by atoms with Crippen LogP contribution in [0.3, 0.4) is 0 Å². The van der Waals surface area contributed by atoms with E-state index >= 15 is 0 Å². The molecule has 1 fully saturated rings. The fourth-order valence-electron chi connectivity index (χ4n) is 2.94. The van der Waals surface area contributed by atoms with Crippen LogP contribution in [-0.2, 0) is 6.54 Å². The Morgan fingerprint density at radius 3 is 2.43 bits per heavy atom. The Bertz CT molecular complexity index is 601. The molecule has 1 saturated heterocycles. The Balaban J connectivity index is 1.58. The maximum atomic E-state index is 5.85. The summed E-state index contributed by atoms with van der Waals surface area (Å²) in [5, 5.41) is 0. The van der Waals surface area contributed by atoms with Gasteiger partial charge in [0.25, 0.3) is 0 Å². The summed E-state index contributed by atoms with van der Waals surface area (Å²) in [5.41, 5.74) is 10.7. The summed E-state index contributed by atoms with van der Waals surface area (Å²) >= 11 is 0. The van der Waals surface area contributed by atoms with Crippen molar-refractivity contribution < 1.29 is 0 Å². The molecule has 0 bridgehead atoms. The van der Waals surface area contributed by atoms with Gasteiger partial charge in [-0.3, -0.25) is 4.90 Å². The molecule has 0 amide bonds. The highest BCUT2D eigenvalue weighted by Crippen LogP contribution is 2.19. The number of hydrogen-bond acceptors (Lipinski definition) is 3. The number of anilines is 2. The highest BCUT2D eigenvalue weighted by molar-refractivity contribution is 5.48. The fourth-order valence-corrected chi connectivity index (χ4v) is 2.94. The first kappa shape index (κ1) is 14.0. The molecule has 2 N–H and O–H groups in total. The molecule has 0 aliphatic carbocycles. The second kappa shape index (κ2) is 6.19. The van der Waals surface area contributed by atoms with Crippen LogP contribution in [0.2, 0.25) is 0 Å². The van der Waals surface area contributed by atoms with Gasteiger partial charge < -0.3 is 10.6 Å². The number of nitrogen functional groups attached to an aromatic ring is 1. The van der Waals surface area contributed by atoms with Crippen molar-refractivity contribution in [2.75, 3.05) is 36.8 Å². The summed E-state index contributed by atoms with van der Waals surface area (Å²) in [6.45, 7) is 7.52. The quantitative estimate of drug-likeness (QED) is 0.878. The lowest BCUT2D eigenvalue weighted by Crippen LogP contribution is -2.45. The second-order valence-corrected chi connectivity index (χ2v) is 5.85. The summed E-state index contributed by atoms with van der Waals surface area (Å²) in [6, 6.07) is 17.0. The van der Waals surface area contributed by atoms with Crippen LogP contribution in [0.25, 0.3) is 0 Å². The van der Waals surface area contributed by atoms with Crippen LogP contribution < -0.4 is 10.6 Å². The molecule has 0 aromatic heterocycles. The van der Waals surface area contributed by atoms with E-state index in [0.29, 0.717) is 0 Å². The molecule has 0 spiro atoms. The lowest BCUT2D eigenvalue weighted by atomic mass is 10.1. The first-order valence-electron chi connectivity index (χ1n) is 7.59. The maximum absolute atomic E-state index is 5.85. The first-order valence-corrected chi connectivity index (χ1v) is 7.59. The minimum atomic E-state index is 0.853. The number of nitrogens with zero attached hydrogens (tertiary/aromatic N) is 2. The monoisotopic (exact) mass is 281 g/mol. The molecule has 2 aromatic rings. The van der Waals surface area contributed by atoms with E-state index in [-0.39, 0.29) is 0 Å². The zero-order valence-corrected chi connectivity index (χ0v) is 12.6. The average molecular weight is 281 g/mol. The maximum Gasteiger partial charge on any atom is 0.0369 e. The van der Waals surface area contributed by atoms with E-state index < -0.39 is 0 Å². The van der Waals surface area contributed by atoms with Crippen molar-refractivity contribution >= 4 is 11.4 Å². The third-order valence-corrected chi connectivity index (χ3v) is 4.10. The minimum Gasteiger partial charge on any atom is -0.399 e. The molecule has 21 heavy (non-hydrogen) atoms. The number of piperazine rings is 1. The minimum absolute atomic E-state index is 0.853. The molecule has 3 heteroatoms. The van der Waals surface area contributed by atoms with Gasteiger partial charge in [0.2, 0.25) is 0 Å². The standard InChI is InChI=1S/C18H23N3/c1-15-4-2-7-18(12-15)21-10-8-20(9-11-21)14-16-5-3-6-17(19)13-16/h2-7,12-13H,8-11,14,19H2,1H3. The summed E-state index contributed by atoms with van der Waals surface area (Å²) < 4.78 is 0. The van der Waals surface area contributed by atoms with Crippen LogP contribution in [0.15, 0.2) is 48.5 Å². The van der Waals surface area contributed by atoms with Gasteiger partial charge in [-0.05, 0) is 42.3 Å². The van der Waals surface area contributed by atoms with E-state index in [1.165, 1.54) is 16.8 Å². The van der Waals surface area contributed by atoms with Crippen LogP contribution in [0.1, 0.15) is 11.1 Å². The molecular weight excluding hydrogens is 258 g/mol. The summed E-state index contributed by atoms with van der Waals surface area (Å²) in [6.07, 6.45) is 0. The normalized spacial score (nSPS) is 16.1. The highest BCUT2D eigenvalue weighted by Gasteiger charge is 2.17. The Hall–Kier alpha value is -2.00. The molecule has 0 atom stereocenters. The number of benzene rings is 2. The molecule has 3 nitrogen and oxygen atoms in total. The van der Waals surface area contributed by atoms with E-state index in [1.54, 1.807) is 0 Å². The lowest BCUT2D eigenvalue weighted by molar-refractivity contribution is 0.250. The smallest absolute Gasteiger partial charge is 0.0369 e. The van der Waals surface area contributed by atoms with Gasteiger partial charge >= 0.3 is 0 Å². The van der Waals surface area contributed by atoms with Gasteiger partial charge in [-0.2, -0.15) is 0 Å². The lowest BCUT2D eigenvalue weighted by Gasteiger charge is -2.36. The Kier molecular flexibility index (Phi) is 4.11. The average Bonchev–Trinajstić information content (AvgIpc) is 2.48. The third kappa shape index (κ3) is 3.56. The van der Waals surface area contributed by atoms with Gasteiger partial charge in [-0.15, -0.1) is 0 Å². The van der Waals surface area contributed by atoms with Crippen LogP contribution in [0.5, 0.6) is 0 Å². The zero-order valence-electron chi connectivity index (χ0n) is 12.6. The SMILES string of the molecule is Cc1cccc(N2CCN(Cc3cccc(N)c3)CC2)c1. The molecule has 2 aromatic carbocycles. The first-order chi connectivity index (χ1) is 10.2. The number of nitrogens with two attached hydrogens (primary N) is 1. The van der Waals surface area contributed by atoms with E-state index in [9.17, 15) is 0 Å². The van der Waals surface area contributed by atoms with Crippen LogP contribution >= 0.6 is 0 Å². The molecule has 1 aliphatic heterocycles. The van der Waals surface area contributed by atoms with E-state index in [2.05, 4.69) is 53.1 Å². The number of hydrogen-bond donors (Lipinski definition) is 1. The van der Waals surface area contributed by atoms with E-state index in [1.807, 2.05) is 12.1 Å². The van der Waals surface area contributed by atoms with Crippen molar-refractivity contribution in [3.63, 3.8) is 0 Å². The molecule has 110 valence electrons. The van der Waals surface area contributed by atoms with Crippen molar-refractivity contribution in [3.05, 3.63) is 59.7 Å². The fraction of sp³-hybridized carbons (Fsp3) is 0.333. The summed E-state index contributed by atoms with van der Waals surface area (Å²) in [5.74, 6) is 0. The predicted octanol–water partition coefficient (Wildman–Crippen LogP) is 2.90. The van der Waals surface area contributed by atoms with Crippen molar-refractivity contribution in [2.45, 2.75) is 13.5 Å². The Labute approximate surface area is 127 Å². The highest BCUT2D eigenvalue weighted by atomic mass is 15.3. The second-order valence-electron chi connectivity index (χ2n) is 5.85. The summed E-state index contributed by atoms with van der Waals surface area (Å²) in [7, 11) is 0. The van der Waals surface area contributed by atoms with Gasteiger partial charge in [0.1, 0.15) is 0 Å². The van der Waals surface area contributed by atoms with Gasteiger partial charge in [0, 0.05) is 44.1 Å². The summed E-state index contributed by atoms with van der Waals surface area (Å²) in [4.78, 5) is 4.98. The van der Waals surface area contributed by atoms with Crippen molar-refractivity contribution in [3.8, 4) is 0 Å². The Morgan fingerprint density at radius 2 is 1.71 bits per heavy atom. The molecule has 1 heterocycles. The molecular formula is C18H23N3. The van der Waals surface area contributed by atoms with Crippen molar-refractivity contribution in [2.24, 2.45) is 0 Å². The molecule has 0 saturated carbocycles. The Morgan fingerprint density at radius 1 is 0.952 bits per heavy atom. The zero-order chi connectivity index (χ0) is 14.7. The van der Waals surface area contributed by atoms with E-state index in [0.717, 1.165) is 38.4 Å². The molecule has 1 aliphatic rings. The topological polar surface area (TPSA) is 32.5 Å². The largest absolute Gasteiger partial charge is 0.399 e. The van der Waals surface area contributed by atoms with E-state index in [4.69, 9.17) is 5.73 Å². The van der Waals surface area contributed by atoms with Gasteiger partial charge in [-0.25, -0.2) is 0 Å². The third-order valence-electron chi connectivity index (χ3n) is 4.10. The van der Waals surface area contributed by atoms with Crippen LogP contribution in [0.4, 0.5) is 11.4 Å². The van der Waals surface area contributed by atoms with Crippen LogP contribution in [-0.4, -0.2) is 31.1 Å². The van der Waals surface area contributed by atoms with Crippen LogP contribution in [0, 0.1) is 6.92 Å². The predicted molar refractivity (Wildman–Crippen MR) is 89.5 cm³/mol.